The highest BCUT2D eigenvalue weighted by atomic mass is 16.6. The van der Waals surface area contributed by atoms with Crippen molar-refractivity contribution in [3.8, 4) is 0 Å². The third kappa shape index (κ3) is 4.60. The predicted molar refractivity (Wildman–Crippen MR) is 67.8 cm³/mol. The van der Waals surface area contributed by atoms with Crippen molar-refractivity contribution in [2.45, 2.75) is 26.0 Å². The minimum atomic E-state index is -0.669. The molecule has 1 aromatic carbocycles. The van der Waals surface area contributed by atoms with Gasteiger partial charge in [0.15, 0.2) is 0 Å². The van der Waals surface area contributed by atoms with Crippen molar-refractivity contribution in [2.75, 3.05) is 6.54 Å². The lowest BCUT2D eigenvalue weighted by molar-refractivity contribution is -0.394. The molecular formula is C11H15N3O5. The zero-order valence-electron chi connectivity index (χ0n) is 10.4. The minimum Gasteiger partial charge on any atom is -0.393 e. The molecule has 8 heteroatoms. The van der Waals surface area contributed by atoms with E-state index in [0.29, 0.717) is 18.5 Å². The highest BCUT2D eigenvalue weighted by molar-refractivity contribution is 5.49. The summed E-state index contributed by atoms with van der Waals surface area (Å²) < 4.78 is 0. The molecule has 0 saturated carbocycles. The van der Waals surface area contributed by atoms with E-state index in [2.05, 4.69) is 5.32 Å². The molecule has 0 aliphatic rings. The zero-order valence-corrected chi connectivity index (χ0v) is 10.4. The number of non-ortho nitro benzene ring substituents is 1. The molecule has 0 aromatic heterocycles. The van der Waals surface area contributed by atoms with Crippen LogP contribution in [0.15, 0.2) is 18.2 Å². The van der Waals surface area contributed by atoms with Crippen LogP contribution in [0.3, 0.4) is 0 Å². The molecule has 19 heavy (non-hydrogen) atoms. The van der Waals surface area contributed by atoms with Crippen LogP contribution < -0.4 is 5.32 Å². The number of aliphatic hydroxyl groups is 1. The van der Waals surface area contributed by atoms with Gasteiger partial charge in [0.05, 0.1) is 22.0 Å². The molecule has 0 radical (unpaired) electrons. The van der Waals surface area contributed by atoms with Gasteiger partial charge >= 0.3 is 0 Å². The molecule has 0 aliphatic carbocycles. The molecule has 0 heterocycles. The van der Waals surface area contributed by atoms with Crippen LogP contribution in [-0.4, -0.2) is 27.6 Å². The van der Waals surface area contributed by atoms with Gasteiger partial charge in [-0.2, -0.15) is 0 Å². The molecule has 1 aromatic rings. The van der Waals surface area contributed by atoms with Crippen molar-refractivity contribution >= 4 is 11.4 Å². The lowest BCUT2D eigenvalue weighted by Gasteiger charge is -2.07. The van der Waals surface area contributed by atoms with Crippen molar-refractivity contribution in [2.24, 2.45) is 0 Å². The molecule has 0 spiro atoms. The Balaban J connectivity index is 2.77. The SMILES string of the molecule is CC(O)CCNCc1ccc([N+](=O)[O-])cc1[N+](=O)[O-]. The summed E-state index contributed by atoms with van der Waals surface area (Å²) in [5, 5.41) is 33.4. The molecule has 0 amide bonds. The van der Waals surface area contributed by atoms with Crippen molar-refractivity contribution in [1.82, 2.24) is 5.32 Å². The fraction of sp³-hybridized carbons (Fsp3) is 0.455. The van der Waals surface area contributed by atoms with Crippen molar-refractivity contribution in [3.63, 3.8) is 0 Å². The van der Waals surface area contributed by atoms with Crippen molar-refractivity contribution in [3.05, 3.63) is 44.0 Å². The third-order valence-corrected chi connectivity index (χ3v) is 2.53. The average Bonchev–Trinajstić information content (AvgIpc) is 2.34. The number of aliphatic hydroxyl groups excluding tert-OH is 1. The van der Waals surface area contributed by atoms with Gasteiger partial charge in [-0.25, -0.2) is 0 Å². The van der Waals surface area contributed by atoms with Crippen LogP contribution in [0.4, 0.5) is 11.4 Å². The Bertz CT molecular complexity index is 475. The Morgan fingerprint density at radius 1 is 1.32 bits per heavy atom. The fourth-order valence-electron chi connectivity index (χ4n) is 1.52. The first kappa shape index (κ1) is 15.0. The molecule has 0 bridgehead atoms. The quantitative estimate of drug-likeness (QED) is 0.438. The van der Waals surface area contributed by atoms with Gasteiger partial charge in [0.2, 0.25) is 0 Å². The van der Waals surface area contributed by atoms with Gasteiger partial charge in [-0.3, -0.25) is 20.2 Å². The molecule has 0 fully saturated rings. The van der Waals surface area contributed by atoms with E-state index in [-0.39, 0.29) is 17.9 Å². The van der Waals surface area contributed by atoms with E-state index >= 15 is 0 Å². The standard InChI is InChI=1S/C11H15N3O5/c1-8(15)4-5-12-7-9-2-3-10(13(16)17)6-11(9)14(18)19/h2-3,6,8,12,15H,4-5,7H2,1H3. The maximum Gasteiger partial charge on any atom is 0.280 e. The summed E-state index contributed by atoms with van der Waals surface area (Å²) in [5.41, 5.74) is -0.209. The van der Waals surface area contributed by atoms with E-state index in [1.807, 2.05) is 0 Å². The summed E-state index contributed by atoms with van der Waals surface area (Å²) >= 11 is 0. The molecule has 0 saturated heterocycles. The Morgan fingerprint density at radius 3 is 2.53 bits per heavy atom. The van der Waals surface area contributed by atoms with Crippen molar-refractivity contribution in [1.29, 1.82) is 0 Å². The summed E-state index contributed by atoms with van der Waals surface area (Å²) in [4.78, 5) is 20.1. The molecule has 0 aliphatic heterocycles. The number of hydrogen-bond donors (Lipinski definition) is 2. The van der Waals surface area contributed by atoms with Crippen LogP contribution in [-0.2, 0) is 6.54 Å². The Labute approximate surface area is 109 Å². The van der Waals surface area contributed by atoms with E-state index in [4.69, 9.17) is 5.11 Å². The molecule has 1 unspecified atom stereocenters. The first-order valence-corrected chi connectivity index (χ1v) is 5.72. The first-order valence-electron chi connectivity index (χ1n) is 5.72. The molecule has 8 nitrogen and oxygen atoms in total. The normalized spacial score (nSPS) is 12.1. The highest BCUT2D eigenvalue weighted by Crippen LogP contribution is 2.24. The van der Waals surface area contributed by atoms with Gasteiger partial charge in [0, 0.05) is 18.2 Å². The number of rotatable bonds is 7. The lowest BCUT2D eigenvalue weighted by atomic mass is 10.1. The largest absolute Gasteiger partial charge is 0.393 e. The minimum absolute atomic E-state index is 0.223. The second-order valence-corrected chi connectivity index (χ2v) is 4.14. The van der Waals surface area contributed by atoms with Crippen LogP contribution in [0.1, 0.15) is 18.9 Å². The molecule has 1 atom stereocenters. The van der Waals surface area contributed by atoms with Gasteiger partial charge < -0.3 is 10.4 Å². The summed E-state index contributed by atoms with van der Waals surface area (Å²) in [5.74, 6) is 0. The van der Waals surface area contributed by atoms with E-state index < -0.39 is 16.0 Å². The van der Waals surface area contributed by atoms with Crippen LogP contribution in [0.25, 0.3) is 0 Å². The molecular weight excluding hydrogens is 254 g/mol. The topological polar surface area (TPSA) is 119 Å². The third-order valence-electron chi connectivity index (χ3n) is 2.53. The second-order valence-electron chi connectivity index (χ2n) is 4.14. The Morgan fingerprint density at radius 2 is 2.00 bits per heavy atom. The van der Waals surface area contributed by atoms with Gasteiger partial charge in [0.25, 0.3) is 11.4 Å². The highest BCUT2D eigenvalue weighted by Gasteiger charge is 2.18. The predicted octanol–water partition coefficient (Wildman–Crippen LogP) is 1.36. The van der Waals surface area contributed by atoms with Crippen LogP contribution in [0.5, 0.6) is 0 Å². The number of nitrogens with zero attached hydrogens (tertiary/aromatic N) is 2. The molecule has 1 rings (SSSR count). The van der Waals surface area contributed by atoms with E-state index in [9.17, 15) is 20.2 Å². The van der Waals surface area contributed by atoms with E-state index in [0.717, 1.165) is 6.07 Å². The monoisotopic (exact) mass is 269 g/mol. The maximum absolute atomic E-state index is 10.9. The van der Waals surface area contributed by atoms with Crippen molar-refractivity contribution < 1.29 is 15.0 Å². The maximum atomic E-state index is 10.9. The second kappa shape index (κ2) is 6.76. The van der Waals surface area contributed by atoms with E-state index in [1.54, 1.807) is 6.92 Å². The number of benzene rings is 1. The lowest BCUT2D eigenvalue weighted by Crippen LogP contribution is -2.19. The smallest absolute Gasteiger partial charge is 0.280 e. The Kier molecular flexibility index (Phi) is 5.34. The Hall–Kier alpha value is -2.06. The summed E-state index contributed by atoms with van der Waals surface area (Å²) in [6.07, 6.45) is 0.0835. The summed E-state index contributed by atoms with van der Waals surface area (Å²) in [6, 6.07) is 3.55. The van der Waals surface area contributed by atoms with Gasteiger partial charge in [-0.1, -0.05) is 0 Å². The molecule has 2 N–H and O–H groups in total. The summed E-state index contributed by atoms with van der Waals surface area (Å²) in [6.45, 7) is 2.38. The van der Waals surface area contributed by atoms with Gasteiger partial charge in [0.1, 0.15) is 0 Å². The number of hydrogen-bond acceptors (Lipinski definition) is 6. The van der Waals surface area contributed by atoms with E-state index in [1.165, 1.54) is 12.1 Å². The number of nitro groups is 2. The number of nitro benzene ring substituents is 2. The van der Waals surface area contributed by atoms with Gasteiger partial charge in [-0.05, 0) is 26.0 Å². The van der Waals surface area contributed by atoms with Gasteiger partial charge in [-0.15, -0.1) is 0 Å². The summed E-state index contributed by atoms with van der Waals surface area (Å²) in [7, 11) is 0. The first-order chi connectivity index (χ1) is 8.91. The average molecular weight is 269 g/mol. The zero-order chi connectivity index (χ0) is 14.4. The molecule has 104 valence electrons. The fourth-order valence-corrected chi connectivity index (χ4v) is 1.52. The van der Waals surface area contributed by atoms with Crippen LogP contribution in [0, 0.1) is 20.2 Å². The van der Waals surface area contributed by atoms with Crippen LogP contribution >= 0.6 is 0 Å². The number of nitrogens with one attached hydrogen (secondary N) is 1. The van der Waals surface area contributed by atoms with Crippen LogP contribution in [0.2, 0.25) is 0 Å².